The highest BCUT2D eigenvalue weighted by Crippen LogP contribution is 2.45. The number of carbonyl (C=O) groups excluding carboxylic acids is 2. The van der Waals surface area contributed by atoms with Gasteiger partial charge in [-0.25, -0.2) is 0 Å². The highest BCUT2D eigenvalue weighted by atomic mass is 16.5. The molecule has 152 valence electrons. The molecular weight excluding hydrogens is 354 g/mol. The number of ether oxygens (including phenoxy) is 1. The number of anilines is 2. The lowest BCUT2D eigenvalue weighted by molar-refractivity contribution is -0.128. The summed E-state index contributed by atoms with van der Waals surface area (Å²) in [5, 5.41) is 6.58. The molecule has 2 amide bonds. The smallest absolute Gasteiger partial charge is 0.232 e. The van der Waals surface area contributed by atoms with Crippen molar-refractivity contribution in [3.63, 3.8) is 0 Å². The zero-order valence-electron chi connectivity index (χ0n) is 17.1. The highest BCUT2D eigenvalue weighted by Gasteiger charge is 2.49. The Hall–Kier alpha value is -2.08. The molecule has 2 N–H and O–H groups in total. The van der Waals surface area contributed by atoms with Crippen molar-refractivity contribution in [3.8, 4) is 5.75 Å². The third kappa shape index (κ3) is 3.28. The Morgan fingerprint density at radius 2 is 2.11 bits per heavy atom. The maximum atomic E-state index is 13.3. The molecule has 0 spiro atoms. The van der Waals surface area contributed by atoms with Gasteiger partial charge in [-0.15, -0.1) is 0 Å². The van der Waals surface area contributed by atoms with E-state index in [-0.39, 0.29) is 17.2 Å². The lowest BCUT2D eigenvalue weighted by atomic mass is 9.67. The Kier molecular flexibility index (Phi) is 4.86. The van der Waals surface area contributed by atoms with E-state index in [0.29, 0.717) is 24.8 Å². The average molecular weight is 386 g/mol. The van der Waals surface area contributed by atoms with Crippen LogP contribution in [0.1, 0.15) is 46.5 Å². The zero-order chi connectivity index (χ0) is 19.9. The van der Waals surface area contributed by atoms with Gasteiger partial charge in [0.25, 0.3) is 0 Å². The summed E-state index contributed by atoms with van der Waals surface area (Å²) < 4.78 is 5.74. The Balaban J connectivity index is 1.58. The SMILES string of the molecule is CC(C)(C)C(=O)N1CCOc2ccc(NC(=O)[C@@]34CCCC[C@H]3CNC4)cc21. The zero-order valence-corrected chi connectivity index (χ0v) is 17.1. The van der Waals surface area contributed by atoms with Gasteiger partial charge in [0.15, 0.2) is 0 Å². The van der Waals surface area contributed by atoms with Crippen molar-refractivity contribution in [2.75, 3.05) is 36.5 Å². The molecule has 1 saturated carbocycles. The van der Waals surface area contributed by atoms with E-state index in [1.54, 1.807) is 4.90 Å². The van der Waals surface area contributed by atoms with Crippen LogP contribution in [0.15, 0.2) is 18.2 Å². The van der Waals surface area contributed by atoms with Gasteiger partial charge in [0, 0.05) is 17.6 Å². The predicted molar refractivity (Wildman–Crippen MR) is 110 cm³/mol. The lowest BCUT2D eigenvalue weighted by Crippen LogP contribution is -2.45. The molecule has 6 heteroatoms. The van der Waals surface area contributed by atoms with Crippen LogP contribution in [-0.2, 0) is 9.59 Å². The summed E-state index contributed by atoms with van der Waals surface area (Å²) in [5.74, 6) is 1.28. The Labute approximate surface area is 167 Å². The molecule has 1 saturated heterocycles. The summed E-state index contributed by atoms with van der Waals surface area (Å²) in [4.78, 5) is 27.9. The first-order valence-corrected chi connectivity index (χ1v) is 10.4. The molecular formula is C22H31N3O3. The van der Waals surface area contributed by atoms with Crippen LogP contribution in [0.2, 0.25) is 0 Å². The largest absolute Gasteiger partial charge is 0.490 e. The quantitative estimate of drug-likeness (QED) is 0.820. The van der Waals surface area contributed by atoms with Crippen molar-refractivity contribution in [1.29, 1.82) is 0 Å². The predicted octanol–water partition coefficient (Wildman–Crippen LogP) is 3.18. The van der Waals surface area contributed by atoms with Crippen LogP contribution < -0.4 is 20.3 Å². The highest BCUT2D eigenvalue weighted by molar-refractivity contribution is 6.01. The third-order valence-electron chi connectivity index (χ3n) is 6.46. The number of fused-ring (bicyclic) bond motifs is 2. The van der Waals surface area contributed by atoms with Gasteiger partial charge in [0.05, 0.1) is 17.6 Å². The van der Waals surface area contributed by atoms with Crippen molar-refractivity contribution in [1.82, 2.24) is 5.32 Å². The number of nitrogens with zero attached hydrogens (tertiary/aromatic N) is 1. The first-order chi connectivity index (χ1) is 13.3. The van der Waals surface area contributed by atoms with E-state index >= 15 is 0 Å². The molecule has 6 nitrogen and oxygen atoms in total. The van der Waals surface area contributed by atoms with Gasteiger partial charge in [-0.05, 0) is 43.5 Å². The third-order valence-corrected chi connectivity index (χ3v) is 6.46. The molecule has 0 radical (unpaired) electrons. The number of nitrogens with one attached hydrogen (secondary N) is 2. The number of amides is 2. The normalized spacial score (nSPS) is 26.8. The van der Waals surface area contributed by atoms with E-state index in [1.807, 2.05) is 39.0 Å². The van der Waals surface area contributed by atoms with Crippen LogP contribution in [0.25, 0.3) is 0 Å². The molecule has 1 aromatic carbocycles. The molecule has 28 heavy (non-hydrogen) atoms. The summed E-state index contributed by atoms with van der Waals surface area (Å²) in [6.07, 6.45) is 4.38. The average Bonchev–Trinajstić information content (AvgIpc) is 3.11. The van der Waals surface area contributed by atoms with Gasteiger partial charge in [-0.1, -0.05) is 33.6 Å². The number of hydrogen-bond donors (Lipinski definition) is 2. The molecule has 2 fully saturated rings. The lowest BCUT2D eigenvalue weighted by Gasteiger charge is -2.37. The van der Waals surface area contributed by atoms with Crippen molar-refractivity contribution < 1.29 is 14.3 Å². The molecule has 2 heterocycles. The number of rotatable bonds is 2. The summed E-state index contributed by atoms with van der Waals surface area (Å²) in [6, 6.07) is 5.61. The second kappa shape index (κ2) is 7.07. The van der Waals surface area contributed by atoms with Crippen LogP contribution in [0.5, 0.6) is 5.75 Å². The summed E-state index contributed by atoms with van der Waals surface area (Å²) in [6.45, 7) is 8.46. The maximum Gasteiger partial charge on any atom is 0.232 e. The van der Waals surface area contributed by atoms with Crippen molar-refractivity contribution in [2.24, 2.45) is 16.7 Å². The molecule has 1 aliphatic carbocycles. The van der Waals surface area contributed by atoms with E-state index in [2.05, 4.69) is 10.6 Å². The van der Waals surface area contributed by atoms with Crippen LogP contribution in [0.3, 0.4) is 0 Å². The van der Waals surface area contributed by atoms with Crippen molar-refractivity contribution in [2.45, 2.75) is 46.5 Å². The van der Waals surface area contributed by atoms with Crippen LogP contribution in [0, 0.1) is 16.7 Å². The van der Waals surface area contributed by atoms with Crippen LogP contribution in [-0.4, -0.2) is 38.1 Å². The first-order valence-electron chi connectivity index (χ1n) is 10.4. The Morgan fingerprint density at radius 3 is 2.89 bits per heavy atom. The van der Waals surface area contributed by atoms with Gasteiger partial charge in [0.1, 0.15) is 12.4 Å². The molecule has 0 bridgehead atoms. The van der Waals surface area contributed by atoms with Gasteiger partial charge in [-0.2, -0.15) is 0 Å². The molecule has 3 aliphatic rings. The van der Waals surface area contributed by atoms with Gasteiger partial charge in [-0.3, -0.25) is 9.59 Å². The van der Waals surface area contributed by atoms with Crippen LogP contribution in [0.4, 0.5) is 11.4 Å². The minimum atomic E-state index is -0.475. The van der Waals surface area contributed by atoms with E-state index in [9.17, 15) is 9.59 Å². The number of carbonyl (C=O) groups is 2. The fourth-order valence-electron chi connectivity index (χ4n) is 4.86. The van der Waals surface area contributed by atoms with E-state index < -0.39 is 5.41 Å². The van der Waals surface area contributed by atoms with E-state index in [0.717, 1.165) is 43.7 Å². The molecule has 2 aliphatic heterocycles. The molecule has 4 rings (SSSR count). The number of hydrogen-bond acceptors (Lipinski definition) is 4. The standard InChI is InChI=1S/C22H31N3O3/c1-21(2,3)20(27)25-10-11-28-18-8-7-16(12-17(18)25)24-19(26)22-9-5-4-6-15(22)13-23-14-22/h7-8,12,15,23H,4-6,9-11,13-14H2,1-3H3,(H,24,26)/t15-,22+/m0/s1. The molecule has 0 aromatic heterocycles. The van der Waals surface area contributed by atoms with E-state index in [4.69, 9.17) is 4.74 Å². The van der Waals surface area contributed by atoms with Gasteiger partial charge in [0.2, 0.25) is 11.8 Å². The fourth-order valence-corrected chi connectivity index (χ4v) is 4.86. The minimum absolute atomic E-state index is 0.0615. The second-order valence-electron chi connectivity index (χ2n) is 9.42. The Morgan fingerprint density at radius 1 is 1.29 bits per heavy atom. The van der Waals surface area contributed by atoms with E-state index in [1.165, 1.54) is 6.42 Å². The minimum Gasteiger partial charge on any atom is -0.490 e. The number of benzene rings is 1. The van der Waals surface area contributed by atoms with Crippen molar-refractivity contribution in [3.05, 3.63) is 18.2 Å². The first kappa shape index (κ1) is 19.2. The summed E-state index contributed by atoms with van der Waals surface area (Å²) in [5.41, 5.74) is 0.696. The fraction of sp³-hybridized carbons (Fsp3) is 0.636. The topological polar surface area (TPSA) is 70.7 Å². The second-order valence-corrected chi connectivity index (χ2v) is 9.42. The molecule has 2 atom stereocenters. The van der Waals surface area contributed by atoms with Crippen LogP contribution >= 0.6 is 0 Å². The van der Waals surface area contributed by atoms with Gasteiger partial charge < -0.3 is 20.3 Å². The molecule has 0 unspecified atom stereocenters. The maximum absolute atomic E-state index is 13.3. The van der Waals surface area contributed by atoms with Crippen molar-refractivity contribution >= 4 is 23.2 Å². The monoisotopic (exact) mass is 385 g/mol. The summed E-state index contributed by atoms with van der Waals surface area (Å²) >= 11 is 0. The Bertz CT molecular complexity index is 786. The van der Waals surface area contributed by atoms with Gasteiger partial charge >= 0.3 is 0 Å². The molecule has 1 aromatic rings. The summed E-state index contributed by atoms with van der Waals surface area (Å²) in [7, 11) is 0.